The maximum atomic E-state index is 11.0. The van der Waals surface area contributed by atoms with Gasteiger partial charge in [0.1, 0.15) is 0 Å². The highest BCUT2D eigenvalue weighted by molar-refractivity contribution is 9.09. The summed E-state index contributed by atoms with van der Waals surface area (Å²) in [6, 6.07) is 0. The standard InChI is InChI=1S/C7H14BrNO/c1-4-6(8)5-7(10)9(2)3/h6H,4-5H2,1-3H3. The zero-order valence-corrected chi connectivity index (χ0v) is 8.31. The molecule has 0 aromatic rings. The number of nitrogens with zero attached hydrogens (tertiary/aromatic N) is 1. The van der Waals surface area contributed by atoms with Gasteiger partial charge in [-0.3, -0.25) is 4.79 Å². The zero-order valence-electron chi connectivity index (χ0n) is 6.72. The summed E-state index contributed by atoms with van der Waals surface area (Å²) in [5, 5.41) is 0. The van der Waals surface area contributed by atoms with Gasteiger partial charge in [0.15, 0.2) is 0 Å². The molecular weight excluding hydrogens is 194 g/mol. The van der Waals surface area contributed by atoms with Crippen LogP contribution in [0.2, 0.25) is 0 Å². The second-order valence-corrected chi connectivity index (χ2v) is 3.79. The molecule has 0 saturated carbocycles. The largest absolute Gasteiger partial charge is 0.349 e. The molecule has 2 nitrogen and oxygen atoms in total. The smallest absolute Gasteiger partial charge is 0.223 e. The monoisotopic (exact) mass is 207 g/mol. The Morgan fingerprint density at radius 2 is 2.10 bits per heavy atom. The van der Waals surface area contributed by atoms with Gasteiger partial charge in [0.25, 0.3) is 0 Å². The summed E-state index contributed by atoms with van der Waals surface area (Å²) in [4.78, 5) is 13.0. The van der Waals surface area contributed by atoms with Gasteiger partial charge in [-0.05, 0) is 6.42 Å². The van der Waals surface area contributed by atoms with E-state index < -0.39 is 0 Å². The molecule has 0 fully saturated rings. The van der Waals surface area contributed by atoms with Crippen molar-refractivity contribution < 1.29 is 4.79 Å². The molecule has 1 atom stereocenters. The Hall–Kier alpha value is -0.0500. The Balaban J connectivity index is 3.57. The Morgan fingerprint density at radius 3 is 2.40 bits per heavy atom. The average molecular weight is 208 g/mol. The van der Waals surface area contributed by atoms with Gasteiger partial charge in [-0.2, -0.15) is 0 Å². The lowest BCUT2D eigenvalue weighted by Crippen LogP contribution is -2.24. The first-order chi connectivity index (χ1) is 4.57. The van der Waals surface area contributed by atoms with Crippen molar-refractivity contribution in [2.45, 2.75) is 24.6 Å². The van der Waals surface area contributed by atoms with Crippen LogP contribution in [-0.2, 0) is 4.79 Å². The molecule has 0 aliphatic carbocycles. The van der Waals surface area contributed by atoms with Gasteiger partial charge in [-0.15, -0.1) is 0 Å². The summed E-state index contributed by atoms with van der Waals surface area (Å²) in [6.45, 7) is 2.06. The van der Waals surface area contributed by atoms with E-state index in [1.165, 1.54) is 0 Å². The fraction of sp³-hybridized carbons (Fsp3) is 0.857. The second-order valence-electron chi connectivity index (χ2n) is 2.50. The van der Waals surface area contributed by atoms with Gasteiger partial charge in [-0.25, -0.2) is 0 Å². The molecule has 0 aromatic carbocycles. The fourth-order valence-corrected chi connectivity index (χ4v) is 0.793. The Kier molecular flexibility index (Phi) is 4.69. The second kappa shape index (κ2) is 4.72. The van der Waals surface area contributed by atoms with Crippen LogP contribution in [0.3, 0.4) is 0 Å². The van der Waals surface area contributed by atoms with Crippen molar-refractivity contribution in [3.63, 3.8) is 0 Å². The quantitative estimate of drug-likeness (QED) is 0.645. The number of carbonyl (C=O) groups excluding carboxylic acids is 1. The lowest BCUT2D eigenvalue weighted by atomic mass is 10.2. The molecule has 0 aliphatic rings. The number of rotatable bonds is 3. The first-order valence-electron chi connectivity index (χ1n) is 3.42. The molecule has 60 valence electrons. The molecule has 0 heterocycles. The molecule has 0 rings (SSSR count). The maximum absolute atomic E-state index is 11.0. The van der Waals surface area contributed by atoms with Crippen LogP contribution in [-0.4, -0.2) is 29.7 Å². The summed E-state index contributed by atoms with van der Waals surface area (Å²) < 4.78 is 0. The van der Waals surface area contributed by atoms with E-state index in [2.05, 4.69) is 22.9 Å². The van der Waals surface area contributed by atoms with Gasteiger partial charge in [-0.1, -0.05) is 22.9 Å². The van der Waals surface area contributed by atoms with E-state index in [-0.39, 0.29) is 5.91 Å². The van der Waals surface area contributed by atoms with Crippen LogP contribution in [0, 0.1) is 0 Å². The van der Waals surface area contributed by atoms with Crippen LogP contribution < -0.4 is 0 Å². The number of carbonyl (C=O) groups is 1. The minimum atomic E-state index is 0.184. The number of hydrogen-bond donors (Lipinski definition) is 0. The molecule has 10 heavy (non-hydrogen) atoms. The minimum Gasteiger partial charge on any atom is -0.349 e. The molecule has 0 saturated heterocycles. The molecule has 0 bridgehead atoms. The molecule has 1 unspecified atom stereocenters. The molecule has 0 spiro atoms. The third-order valence-corrected chi connectivity index (χ3v) is 2.31. The molecular formula is C7H14BrNO. The summed E-state index contributed by atoms with van der Waals surface area (Å²) in [7, 11) is 3.55. The van der Waals surface area contributed by atoms with Gasteiger partial charge in [0, 0.05) is 25.3 Å². The maximum Gasteiger partial charge on any atom is 0.223 e. The molecule has 1 amide bonds. The number of amides is 1. The van der Waals surface area contributed by atoms with E-state index in [0.717, 1.165) is 6.42 Å². The lowest BCUT2D eigenvalue weighted by molar-refractivity contribution is -0.128. The lowest BCUT2D eigenvalue weighted by Gasteiger charge is -2.11. The Labute approximate surface area is 70.7 Å². The number of alkyl halides is 1. The van der Waals surface area contributed by atoms with E-state index in [4.69, 9.17) is 0 Å². The van der Waals surface area contributed by atoms with E-state index in [1.54, 1.807) is 19.0 Å². The summed E-state index contributed by atoms with van der Waals surface area (Å²) in [6.07, 6.45) is 1.60. The SMILES string of the molecule is CCC(Br)CC(=O)N(C)C. The predicted octanol–water partition coefficient (Wildman–Crippen LogP) is 1.64. The summed E-state index contributed by atoms with van der Waals surface area (Å²) >= 11 is 3.40. The number of halogens is 1. The van der Waals surface area contributed by atoms with Crippen molar-refractivity contribution >= 4 is 21.8 Å². The highest BCUT2D eigenvalue weighted by Crippen LogP contribution is 2.09. The van der Waals surface area contributed by atoms with Gasteiger partial charge in [0.05, 0.1) is 0 Å². The normalized spacial score (nSPS) is 12.8. The third-order valence-electron chi connectivity index (χ3n) is 1.34. The minimum absolute atomic E-state index is 0.184. The van der Waals surface area contributed by atoms with E-state index in [0.29, 0.717) is 11.2 Å². The van der Waals surface area contributed by atoms with Gasteiger partial charge < -0.3 is 4.90 Å². The molecule has 0 aliphatic heterocycles. The first kappa shape index (κ1) is 9.95. The van der Waals surface area contributed by atoms with Crippen molar-refractivity contribution in [3.8, 4) is 0 Å². The fourth-order valence-electron chi connectivity index (χ4n) is 0.516. The Bertz CT molecular complexity index is 114. The molecule has 0 N–H and O–H groups in total. The van der Waals surface area contributed by atoms with Gasteiger partial charge in [0.2, 0.25) is 5.91 Å². The van der Waals surface area contributed by atoms with Crippen LogP contribution in [0.1, 0.15) is 19.8 Å². The molecule has 0 radical (unpaired) electrons. The van der Waals surface area contributed by atoms with Crippen LogP contribution in [0.15, 0.2) is 0 Å². The number of hydrogen-bond acceptors (Lipinski definition) is 1. The van der Waals surface area contributed by atoms with Crippen LogP contribution in [0.5, 0.6) is 0 Å². The zero-order chi connectivity index (χ0) is 8.15. The molecule has 0 aromatic heterocycles. The van der Waals surface area contributed by atoms with E-state index >= 15 is 0 Å². The summed E-state index contributed by atoms with van der Waals surface area (Å²) in [5.41, 5.74) is 0. The summed E-state index contributed by atoms with van der Waals surface area (Å²) in [5.74, 6) is 0.184. The molecule has 3 heteroatoms. The van der Waals surface area contributed by atoms with Crippen LogP contribution in [0.4, 0.5) is 0 Å². The topological polar surface area (TPSA) is 20.3 Å². The van der Waals surface area contributed by atoms with Crippen molar-refractivity contribution in [2.24, 2.45) is 0 Å². The average Bonchev–Trinajstić information content (AvgIpc) is 1.87. The Morgan fingerprint density at radius 1 is 1.60 bits per heavy atom. The van der Waals surface area contributed by atoms with Crippen molar-refractivity contribution in [1.29, 1.82) is 0 Å². The third kappa shape index (κ3) is 3.88. The van der Waals surface area contributed by atoms with Crippen molar-refractivity contribution in [1.82, 2.24) is 4.90 Å². The van der Waals surface area contributed by atoms with Crippen LogP contribution in [0.25, 0.3) is 0 Å². The predicted molar refractivity (Wildman–Crippen MR) is 46.3 cm³/mol. The van der Waals surface area contributed by atoms with Gasteiger partial charge >= 0.3 is 0 Å². The van der Waals surface area contributed by atoms with Crippen LogP contribution >= 0.6 is 15.9 Å². The first-order valence-corrected chi connectivity index (χ1v) is 4.33. The highest BCUT2D eigenvalue weighted by atomic mass is 79.9. The van der Waals surface area contributed by atoms with E-state index in [9.17, 15) is 4.79 Å². The van der Waals surface area contributed by atoms with Crippen molar-refractivity contribution in [3.05, 3.63) is 0 Å². The van der Waals surface area contributed by atoms with E-state index in [1.807, 2.05) is 0 Å². The highest BCUT2D eigenvalue weighted by Gasteiger charge is 2.09. The van der Waals surface area contributed by atoms with Crippen molar-refractivity contribution in [2.75, 3.05) is 14.1 Å².